The van der Waals surface area contributed by atoms with Gasteiger partial charge in [-0.3, -0.25) is 10.1 Å². The summed E-state index contributed by atoms with van der Waals surface area (Å²) < 4.78 is 11.2. The predicted molar refractivity (Wildman–Crippen MR) is 80.3 cm³/mol. The van der Waals surface area contributed by atoms with Crippen LogP contribution in [-0.4, -0.2) is 23.1 Å². The molecule has 0 spiro atoms. The summed E-state index contributed by atoms with van der Waals surface area (Å²) in [5, 5.41) is 13.9. The number of fused-ring (bicyclic) bond motifs is 1. The van der Waals surface area contributed by atoms with Gasteiger partial charge < -0.3 is 14.8 Å². The molecule has 0 saturated heterocycles. The third kappa shape index (κ3) is 3.08. The van der Waals surface area contributed by atoms with Crippen molar-refractivity contribution < 1.29 is 14.4 Å². The maximum absolute atomic E-state index is 11.0. The van der Waals surface area contributed by atoms with Crippen LogP contribution in [0.2, 0.25) is 0 Å². The van der Waals surface area contributed by atoms with Crippen molar-refractivity contribution in [2.24, 2.45) is 0 Å². The Morgan fingerprint density at radius 2 is 2.05 bits per heavy atom. The maximum atomic E-state index is 11.0. The molecule has 0 saturated carbocycles. The molecule has 0 unspecified atom stereocenters. The first kappa shape index (κ1) is 14.1. The van der Waals surface area contributed by atoms with E-state index in [2.05, 4.69) is 10.3 Å². The average molecular weight is 301 g/mol. The van der Waals surface area contributed by atoms with Crippen LogP contribution in [0.4, 0.5) is 11.5 Å². The Morgan fingerprint density at radius 1 is 1.23 bits per heavy atom. The van der Waals surface area contributed by atoms with E-state index in [-0.39, 0.29) is 11.5 Å². The molecule has 1 aromatic heterocycles. The lowest BCUT2D eigenvalue weighted by atomic mass is 10.2. The third-order valence-corrected chi connectivity index (χ3v) is 3.25. The topological polar surface area (TPSA) is 86.5 Å². The van der Waals surface area contributed by atoms with Crippen LogP contribution in [0.3, 0.4) is 0 Å². The van der Waals surface area contributed by atoms with Crippen LogP contribution in [0.25, 0.3) is 0 Å². The van der Waals surface area contributed by atoms with Crippen LogP contribution < -0.4 is 14.8 Å². The highest BCUT2D eigenvalue weighted by molar-refractivity contribution is 5.55. The minimum Gasteiger partial charge on any atom is -0.490 e. The maximum Gasteiger partial charge on any atom is 0.311 e. The zero-order valence-electron chi connectivity index (χ0n) is 11.8. The van der Waals surface area contributed by atoms with Gasteiger partial charge in [-0.25, -0.2) is 4.98 Å². The fourth-order valence-electron chi connectivity index (χ4n) is 2.18. The molecule has 2 heterocycles. The summed E-state index contributed by atoms with van der Waals surface area (Å²) in [4.78, 5) is 14.5. The molecule has 7 nitrogen and oxygen atoms in total. The van der Waals surface area contributed by atoms with Crippen LogP contribution in [0.5, 0.6) is 11.5 Å². The Hall–Kier alpha value is -2.83. The second-order valence-electron chi connectivity index (χ2n) is 4.81. The number of rotatable bonds is 4. The molecule has 0 amide bonds. The number of ether oxygens (including phenoxy) is 2. The summed E-state index contributed by atoms with van der Waals surface area (Å²) in [5.41, 5.74) is 0.890. The number of pyridine rings is 1. The van der Waals surface area contributed by atoms with Gasteiger partial charge in [0, 0.05) is 25.2 Å². The van der Waals surface area contributed by atoms with Crippen molar-refractivity contribution in [3.63, 3.8) is 0 Å². The van der Waals surface area contributed by atoms with Crippen LogP contribution in [0.1, 0.15) is 12.0 Å². The van der Waals surface area contributed by atoms with Crippen molar-refractivity contribution >= 4 is 11.5 Å². The SMILES string of the molecule is O=[N+]([O-])c1cccnc1NCc1ccc2c(c1)OCCCO2. The molecule has 7 heteroatoms. The van der Waals surface area contributed by atoms with Crippen molar-refractivity contribution in [3.8, 4) is 11.5 Å². The molecule has 0 fully saturated rings. The van der Waals surface area contributed by atoms with Gasteiger partial charge in [-0.2, -0.15) is 0 Å². The highest BCUT2D eigenvalue weighted by atomic mass is 16.6. The number of benzene rings is 1. The van der Waals surface area contributed by atoms with E-state index < -0.39 is 4.92 Å². The van der Waals surface area contributed by atoms with Gasteiger partial charge in [0.15, 0.2) is 11.5 Å². The van der Waals surface area contributed by atoms with E-state index in [1.807, 2.05) is 18.2 Å². The number of nitro groups is 1. The average Bonchev–Trinajstić information content (AvgIpc) is 2.77. The monoisotopic (exact) mass is 301 g/mol. The van der Waals surface area contributed by atoms with E-state index in [0.29, 0.717) is 25.5 Å². The molecule has 0 radical (unpaired) electrons. The number of anilines is 1. The van der Waals surface area contributed by atoms with Crippen molar-refractivity contribution in [1.29, 1.82) is 0 Å². The van der Waals surface area contributed by atoms with Gasteiger partial charge in [-0.05, 0) is 23.8 Å². The number of nitrogens with one attached hydrogen (secondary N) is 1. The van der Waals surface area contributed by atoms with Crippen molar-refractivity contribution in [3.05, 3.63) is 52.2 Å². The molecule has 2 aromatic rings. The summed E-state index contributed by atoms with van der Waals surface area (Å²) in [5.74, 6) is 1.68. The van der Waals surface area contributed by atoms with E-state index in [1.54, 1.807) is 0 Å². The smallest absolute Gasteiger partial charge is 0.311 e. The normalized spacial score (nSPS) is 13.3. The van der Waals surface area contributed by atoms with Gasteiger partial charge in [0.1, 0.15) is 0 Å². The minimum absolute atomic E-state index is 0.0446. The fraction of sp³-hybridized carbons (Fsp3) is 0.267. The van der Waals surface area contributed by atoms with Gasteiger partial charge in [0.2, 0.25) is 5.82 Å². The Bertz CT molecular complexity index is 690. The second kappa shape index (κ2) is 6.30. The molecule has 1 aliphatic rings. The van der Waals surface area contributed by atoms with Crippen molar-refractivity contribution in [1.82, 2.24) is 4.98 Å². The highest BCUT2D eigenvalue weighted by Crippen LogP contribution is 2.31. The van der Waals surface area contributed by atoms with Crippen LogP contribution in [-0.2, 0) is 6.54 Å². The van der Waals surface area contributed by atoms with Gasteiger partial charge >= 0.3 is 5.69 Å². The van der Waals surface area contributed by atoms with Crippen molar-refractivity contribution in [2.45, 2.75) is 13.0 Å². The standard InChI is InChI=1S/C15H15N3O4/c19-18(20)12-3-1-6-16-15(12)17-10-11-4-5-13-14(9-11)22-8-2-7-21-13/h1,3-6,9H,2,7-8,10H2,(H,16,17). The first-order valence-electron chi connectivity index (χ1n) is 6.96. The summed E-state index contributed by atoms with van der Waals surface area (Å²) in [7, 11) is 0. The second-order valence-corrected chi connectivity index (χ2v) is 4.81. The lowest BCUT2D eigenvalue weighted by Crippen LogP contribution is -2.04. The minimum atomic E-state index is -0.455. The van der Waals surface area contributed by atoms with Gasteiger partial charge in [-0.15, -0.1) is 0 Å². The largest absolute Gasteiger partial charge is 0.490 e. The van der Waals surface area contributed by atoms with E-state index >= 15 is 0 Å². The Balaban J connectivity index is 1.74. The molecule has 0 aliphatic carbocycles. The van der Waals surface area contributed by atoms with E-state index in [0.717, 1.165) is 17.7 Å². The number of aromatic nitrogens is 1. The molecule has 1 N–H and O–H groups in total. The first-order valence-corrected chi connectivity index (χ1v) is 6.96. The lowest BCUT2D eigenvalue weighted by Gasteiger charge is -2.10. The number of hydrogen-bond acceptors (Lipinski definition) is 6. The molecule has 114 valence electrons. The summed E-state index contributed by atoms with van der Waals surface area (Å²) in [6, 6.07) is 8.59. The zero-order valence-corrected chi connectivity index (χ0v) is 11.8. The number of nitrogens with zero attached hydrogens (tertiary/aromatic N) is 2. The molecule has 22 heavy (non-hydrogen) atoms. The van der Waals surface area contributed by atoms with Crippen LogP contribution >= 0.6 is 0 Å². The van der Waals surface area contributed by atoms with Gasteiger partial charge in [-0.1, -0.05) is 6.07 Å². The summed E-state index contributed by atoms with van der Waals surface area (Å²) >= 11 is 0. The molecule has 3 rings (SSSR count). The fourth-order valence-corrected chi connectivity index (χ4v) is 2.18. The third-order valence-electron chi connectivity index (χ3n) is 3.25. The number of hydrogen-bond donors (Lipinski definition) is 1. The summed E-state index contributed by atoms with van der Waals surface area (Å²) in [6.45, 7) is 1.68. The lowest BCUT2D eigenvalue weighted by molar-refractivity contribution is -0.384. The molecule has 0 atom stereocenters. The van der Waals surface area contributed by atoms with Crippen LogP contribution in [0.15, 0.2) is 36.5 Å². The molecular weight excluding hydrogens is 286 g/mol. The van der Waals surface area contributed by atoms with Crippen molar-refractivity contribution in [2.75, 3.05) is 18.5 Å². The van der Waals surface area contributed by atoms with E-state index in [9.17, 15) is 10.1 Å². The Labute approximate surface area is 127 Å². The quantitative estimate of drug-likeness (QED) is 0.690. The Morgan fingerprint density at radius 3 is 2.86 bits per heavy atom. The van der Waals surface area contributed by atoms with Gasteiger partial charge in [0.05, 0.1) is 18.1 Å². The van der Waals surface area contributed by atoms with Crippen LogP contribution in [0, 0.1) is 10.1 Å². The van der Waals surface area contributed by atoms with Gasteiger partial charge in [0.25, 0.3) is 0 Å². The first-order chi connectivity index (χ1) is 10.7. The molecule has 1 aliphatic heterocycles. The van der Waals surface area contributed by atoms with E-state index in [4.69, 9.17) is 9.47 Å². The molecule has 1 aromatic carbocycles. The van der Waals surface area contributed by atoms with E-state index in [1.165, 1.54) is 18.3 Å². The molecular formula is C15H15N3O4. The predicted octanol–water partition coefficient (Wildman–Crippen LogP) is 2.76. The zero-order chi connectivity index (χ0) is 15.4. The Kier molecular flexibility index (Phi) is 4.04. The summed E-state index contributed by atoms with van der Waals surface area (Å²) in [6.07, 6.45) is 2.37. The highest BCUT2D eigenvalue weighted by Gasteiger charge is 2.14. The molecule has 0 bridgehead atoms.